The first kappa shape index (κ1) is 19.3. The fourth-order valence-electron chi connectivity index (χ4n) is 2.08. The van der Waals surface area contributed by atoms with Crippen molar-refractivity contribution >= 4 is 17.4 Å². The number of anilines is 2. The fourth-order valence-corrected chi connectivity index (χ4v) is 2.08. The number of carbonyl (C=O) groups is 1. The first-order chi connectivity index (χ1) is 12.2. The van der Waals surface area contributed by atoms with E-state index in [-0.39, 0.29) is 30.2 Å². The number of hydrogen-bond acceptors (Lipinski definition) is 7. The maximum Gasteiger partial charge on any atom is 0.573 e. The Kier molecular flexibility index (Phi) is 5.85. The van der Waals surface area contributed by atoms with Crippen molar-refractivity contribution in [1.82, 2.24) is 10.4 Å². The molecule has 0 fully saturated rings. The fraction of sp³-hybridized carbons (Fsp3) is 0.200. The van der Waals surface area contributed by atoms with Crippen LogP contribution in [0.5, 0.6) is 5.75 Å². The maximum atomic E-state index is 12.2. The second kappa shape index (κ2) is 7.89. The summed E-state index contributed by atoms with van der Waals surface area (Å²) in [6.45, 7) is 0.113. The summed E-state index contributed by atoms with van der Waals surface area (Å²) in [6, 6.07) is 8.34. The van der Waals surface area contributed by atoms with Gasteiger partial charge in [0.15, 0.2) is 5.82 Å². The average molecular weight is 370 g/mol. The van der Waals surface area contributed by atoms with Gasteiger partial charge in [-0.15, -0.1) is 13.2 Å². The van der Waals surface area contributed by atoms with E-state index in [0.717, 1.165) is 0 Å². The summed E-state index contributed by atoms with van der Waals surface area (Å²) < 4.78 is 40.4. The van der Waals surface area contributed by atoms with Crippen LogP contribution in [0.4, 0.5) is 24.7 Å². The molecule has 140 valence electrons. The van der Waals surface area contributed by atoms with E-state index >= 15 is 0 Å². The molecule has 7 N–H and O–H groups in total. The molecule has 1 aromatic carbocycles. The number of hydrazine groups is 2. The summed E-state index contributed by atoms with van der Waals surface area (Å²) in [5.41, 5.74) is 9.08. The van der Waals surface area contributed by atoms with Crippen LogP contribution in [0.25, 0.3) is 11.3 Å². The third-order valence-electron chi connectivity index (χ3n) is 3.30. The average Bonchev–Trinajstić information content (AvgIpc) is 2.59. The Morgan fingerprint density at radius 1 is 1.19 bits per heavy atom. The SMILES string of the molecule is NNC(=O)CCN(N)c1nc(-c2ccc(OC(F)(F)F)cc2)ccc1N. The minimum Gasteiger partial charge on any atom is -0.406 e. The van der Waals surface area contributed by atoms with Crippen molar-refractivity contribution in [1.29, 1.82) is 0 Å². The van der Waals surface area contributed by atoms with Crippen LogP contribution in [0, 0.1) is 0 Å². The van der Waals surface area contributed by atoms with Gasteiger partial charge in [0.1, 0.15) is 5.75 Å². The minimum absolute atomic E-state index is 0.0296. The van der Waals surface area contributed by atoms with Gasteiger partial charge in [0.25, 0.3) is 0 Å². The van der Waals surface area contributed by atoms with Gasteiger partial charge in [-0.05, 0) is 36.4 Å². The van der Waals surface area contributed by atoms with E-state index < -0.39 is 12.3 Å². The van der Waals surface area contributed by atoms with E-state index in [2.05, 4.69) is 9.72 Å². The predicted molar refractivity (Wildman–Crippen MR) is 89.2 cm³/mol. The Hall–Kier alpha value is -3.05. The van der Waals surface area contributed by atoms with Crippen LogP contribution in [0.1, 0.15) is 6.42 Å². The number of amides is 1. The third-order valence-corrected chi connectivity index (χ3v) is 3.30. The van der Waals surface area contributed by atoms with Crippen LogP contribution in [0.15, 0.2) is 36.4 Å². The largest absolute Gasteiger partial charge is 0.573 e. The van der Waals surface area contributed by atoms with Gasteiger partial charge < -0.3 is 10.5 Å². The molecule has 2 aromatic rings. The number of alkyl halides is 3. The first-order valence-corrected chi connectivity index (χ1v) is 7.34. The number of pyridine rings is 1. The highest BCUT2D eigenvalue weighted by Crippen LogP contribution is 2.28. The van der Waals surface area contributed by atoms with Crippen molar-refractivity contribution in [2.75, 3.05) is 17.3 Å². The van der Waals surface area contributed by atoms with Crippen LogP contribution >= 0.6 is 0 Å². The lowest BCUT2D eigenvalue weighted by atomic mass is 10.1. The quantitative estimate of drug-likeness (QED) is 0.342. The summed E-state index contributed by atoms with van der Waals surface area (Å²) in [5.74, 6) is 10.3. The molecule has 2 rings (SSSR count). The number of ether oxygens (including phenoxy) is 1. The van der Waals surface area contributed by atoms with Crippen molar-refractivity contribution in [2.45, 2.75) is 12.8 Å². The Morgan fingerprint density at radius 3 is 2.42 bits per heavy atom. The summed E-state index contributed by atoms with van der Waals surface area (Å²) in [6.07, 6.45) is -4.73. The molecule has 0 aliphatic rings. The highest BCUT2D eigenvalue weighted by Gasteiger charge is 2.31. The van der Waals surface area contributed by atoms with Gasteiger partial charge >= 0.3 is 6.36 Å². The molecule has 11 heteroatoms. The lowest BCUT2D eigenvalue weighted by Crippen LogP contribution is -2.38. The molecule has 0 radical (unpaired) electrons. The summed E-state index contributed by atoms with van der Waals surface area (Å²) in [4.78, 5) is 15.5. The molecule has 1 heterocycles. The Balaban J connectivity index is 2.19. The van der Waals surface area contributed by atoms with Crippen molar-refractivity contribution in [3.05, 3.63) is 36.4 Å². The monoisotopic (exact) mass is 370 g/mol. The van der Waals surface area contributed by atoms with Gasteiger partial charge in [0, 0.05) is 18.5 Å². The highest BCUT2D eigenvalue weighted by atomic mass is 19.4. The molecule has 0 bridgehead atoms. The molecule has 0 saturated heterocycles. The second-order valence-electron chi connectivity index (χ2n) is 5.19. The molecule has 1 aromatic heterocycles. The van der Waals surface area contributed by atoms with Crippen molar-refractivity contribution in [2.24, 2.45) is 11.7 Å². The number of benzene rings is 1. The van der Waals surface area contributed by atoms with Crippen molar-refractivity contribution < 1.29 is 22.7 Å². The van der Waals surface area contributed by atoms with Crippen molar-refractivity contribution in [3.8, 4) is 17.0 Å². The number of rotatable bonds is 6. The summed E-state index contributed by atoms with van der Waals surface area (Å²) >= 11 is 0. The zero-order valence-corrected chi connectivity index (χ0v) is 13.5. The van der Waals surface area contributed by atoms with Gasteiger partial charge in [-0.3, -0.25) is 15.2 Å². The molecule has 26 heavy (non-hydrogen) atoms. The Morgan fingerprint density at radius 2 is 1.85 bits per heavy atom. The smallest absolute Gasteiger partial charge is 0.406 e. The number of carbonyl (C=O) groups excluding carboxylic acids is 1. The minimum atomic E-state index is -4.76. The molecular weight excluding hydrogens is 353 g/mol. The lowest BCUT2D eigenvalue weighted by molar-refractivity contribution is -0.274. The number of nitrogen functional groups attached to an aromatic ring is 1. The molecule has 0 unspecified atom stereocenters. The van der Waals surface area contributed by atoms with E-state index in [0.29, 0.717) is 11.3 Å². The molecule has 0 spiro atoms. The second-order valence-corrected chi connectivity index (χ2v) is 5.19. The van der Waals surface area contributed by atoms with E-state index in [1.807, 2.05) is 5.43 Å². The van der Waals surface area contributed by atoms with Crippen LogP contribution in [0.2, 0.25) is 0 Å². The van der Waals surface area contributed by atoms with Gasteiger partial charge in [-0.25, -0.2) is 16.7 Å². The Labute approximate surface area is 146 Å². The number of nitrogens with zero attached hydrogens (tertiary/aromatic N) is 2. The van der Waals surface area contributed by atoms with Crippen LogP contribution in [0.3, 0.4) is 0 Å². The lowest BCUT2D eigenvalue weighted by Gasteiger charge is -2.19. The first-order valence-electron chi connectivity index (χ1n) is 7.34. The molecule has 0 saturated carbocycles. The molecular formula is C15H17F3N6O2. The van der Waals surface area contributed by atoms with E-state index in [1.54, 1.807) is 12.1 Å². The van der Waals surface area contributed by atoms with Gasteiger partial charge in [0.05, 0.1) is 11.4 Å². The van der Waals surface area contributed by atoms with Gasteiger partial charge in [-0.1, -0.05) is 0 Å². The van der Waals surface area contributed by atoms with Crippen molar-refractivity contribution in [3.63, 3.8) is 0 Å². The molecule has 0 aliphatic carbocycles. The molecule has 8 nitrogen and oxygen atoms in total. The predicted octanol–water partition coefficient (Wildman–Crippen LogP) is 1.29. The molecule has 0 aliphatic heterocycles. The zero-order chi connectivity index (χ0) is 19.3. The number of hydrogen-bond donors (Lipinski definition) is 4. The maximum absolute atomic E-state index is 12.2. The van der Waals surface area contributed by atoms with E-state index in [1.165, 1.54) is 29.3 Å². The van der Waals surface area contributed by atoms with Crippen LogP contribution in [-0.2, 0) is 4.79 Å². The standard InChI is InChI=1S/C15H17F3N6O2/c16-15(17,18)26-10-3-1-9(2-4-10)12-6-5-11(19)14(22-12)24(21)8-7-13(25)23-20/h1-6H,7-8,19-21H2,(H,23,25). The Bertz CT molecular complexity index is 767. The number of aromatic nitrogens is 1. The highest BCUT2D eigenvalue weighted by molar-refractivity contribution is 5.76. The summed E-state index contributed by atoms with van der Waals surface area (Å²) in [5, 5.41) is 1.19. The zero-order valence-electron chi connectivity index (χ0n) is 13.5. The molecule has 0 atom stereocenters. The van der Waals surface area contributed by atoms with Crippen LogP contribution in [-0.4, -0.2) is 23.8 Å². The normalized spacial score (nSPS) is 11.1. The van der Waals surface area contributed by atoms with Crippen LogP contribution < -0.4 is 32.6 Å². The number of nitrogens with one attached hydrogen (secondary N) is 1. The van der Waals surface area contributed by atoms with E-state index in [4.69, 9.17) is 17.4 Å². The number of nitrogens with two attached hydrogens (primary N) is 3. The van der Waals surface area contributed by atoms with Gasteiger partial charge in [0.2, 0.25) is 5.91 Å². The van der Waals surface area contributed by atoms with E-state index in [9.17, 15) is 18.0 Å². The topological polar surface area (TPSA) is 133 Å². The third kappa shape index (κ3) is 5.22. The van der Waals surface area contributed by atoms with Gasteiger partial charge in [-0.2, -0.15) is 0 Å². The molecule has 1 amide bonds. The number of halogens is 3. The summed E-state index contributed by atoms with van der Waals surface area (Å²) in [7, 11) is 0.